The Bertz CT molecular complexity index is 448. The molecule has 2 rings (SSSR count). The number of halogens is 1. The van der Waals surface area contributed by atoms with Crippen LogP contribution in [0.2, 0.25) is 0 Å². The van der Waals surface area contributed by atoms with Crippen LogP contribution in [0.15, 0.2) is 18.2 Å². The van der Waals surface area contributed by atoms with Crippen LogP contribution < -0.4 is 4.90 Å². The molecule has 1 aromatic carbocycles. The van der Waals surface area contributed by atoms with Crippen LogP contribution in [0, 0.1) is 5.82 Å². The van der Waals surface area contributed by atoms with Crippen molar-refractivity contribution >= 4 is 17.4 Å². The summed E-state index contributed by atoms with van der Waals surface area (Å²) in [5.41, 5.74) is 1.65. The van der Waals surface area contributed by atoms with Gasteiger partial charge in [0.1, 0.15) is 5.82 Å². The predicted octanol–water partition coefficient (Wildman–Crippen LogP) is 3.60. The van der Waals surface area contributed by atoms with Crippen LogP contribution in [0.5, 0.6) is 0 Å². The Labute approximate surface area is 119 Å². The molecule has 1 saturated heterocycles. The van der Waals surface area contributed by atoms with E-state index in [2.05, 4.69) is 18.7 Å². The van der Waals surface area contributed by atoms with Gasteiger partial charge in [-0.3, -0.25) is 0 Å². The number of anilines is 1. The van der Waals surface area contributed by atoms with Crippen molar-refractivity contribution in [3.8, 4) is 0 Å². The van der Waals surface area contributed by atoms with Crippen molar-refractivity contribution in [2.75, 3.05) is 23.7 Å². The van der Waals surface area contributed by atoms with Gasteiger partial charge in [-0.05, 0) is 31.5 Å². The lowest BCUT2D eigenvalue weighted by atomic mass is 10.1. The minimum Gasteiger partial charge on any atom is -0.389 e. The van der Waals surface area contributed by atoms with E-state index < -0.39 is 6.10 Å². The summed E-state index contributed by atoms with van der Waals surface area (Å²) in [6.07, 6.45) is 0.448. The van der Waals surface area contributed by atoms with Crippen LogP contribution in [0.4, 0.5) is 10.1 Å². The molecule has 1 aliphatic rings. The molecule has 1 heterocycles. The molecule has 0 spiro atoms. The lowest BCUT2D eigenvalue weighted by Crippen LogP contribution is -2.28. The first-order valence-corrected chi connectivity index (χ1v) is 7.74. The quantitative estimate of drug-likeness (QED) is 0.897. The predicted molar refractivity (Wildman–Crippen MR) is 80.4 cm³/mol. The fourth-order valence-electron chi connectivity index (χ4n) is 2.41. The molecule has 0 bridgehead atoms. The fraction of sp³-hybridized carbons (Fsp3) is 0.600. The summed E-state index contributed by atoms with van der Waals surface area (Å²) in [4.78, 5) is 2.27. The molecular weight excluding hydrogens is 261 g/mol. The second-order valence-electron chi connectivity index (χ2n) is 5.72. The number of thioether (sulfide) groups is 1. The van der Waals surface area contributed by atoms with Gasteiger partial charge in [0.2, 0.25) is 0 Å². The topological polar surface area (TPSA) is 23.5 Å². The van der Waals surface area contributed by atoms with Crippen LogP contribution in [-0.2, 0) is 0 Å². The van der Waals surface area contributed by atoms with Gasteiger partial charge in [0.15, 0.2) is 0 Å². The Morgan fingerprint density at radius 2 is 2.11 bits per heavy atom. The Morgan fingerprint density at radius 3 is 2.79 bits per heavy atom. The van der Waals surface area contributed by atoms with E-state index >= 15 is 0 Å². The smallest absolute Gasteiger partial charge is 0.123 e. The maximum Gasteiger partial charge on any atom is 0.123 e. The van der Waals surface area contributed by atoms with Gasteiger partial charge in [0.25, 0.3) is 0 Å². The van der Waals surface area contributed by atoms with E-state index in [0.29, 0.717) is 10.3 Å². The van der Waals surface area contributed by atoms with Crippen molar-refractivity contribution in [2.45, 2.75) is 38.0 Å². The molecular formula is C15H22FNOS. The molecule has 0 aromatic heterocycles. The Kier molecular flexibility index (Phi) is 4.41. The van der Waals surface area contributed by atoms with E-state index in [4.69, 9.17) is 0 Å². The number of aliphatic hydroxyl groups is 1. The zero-order chi connectivity index (χ0) is 14.0. The summed E-state index contributed by atoms with van der Waals surface area (Å²) in [6.45, 7) is 8.11. The molecule has 0 saturated carbocycles. The second-order valence-corrected chi connectivity index (χ2v) is 7.53. The monoisotopic (exact) mass is 283 g/mol. The summed E-state index contributed by atoms with van der Waals surface area (Å²) in [6, 6.07) is 4.72. The van der Waals surface area contributed by atoms with Gasteiger partial charge in [-0.2, -0.15) is 11.8 Å². The standard InChI is InChI=1S/C15H22FNOS/c1-11(18)13-10-12(16)4-5-14(13)17-7-6-15(2,3)19-9-8-17/h4-5,10-11,18H,6-9H2,1-3H3. The molecule has 1 aliphatic heterocycles. The van der Waals surface area contributed by atoms with E-state index in [1.807, 2.05) is 11.8 Å². The third kappa shape index (κ3) is 3.63. The summed E-state index contributed by atoms with van der Waals surface area (Å²) in [7, 11) is 0. The molecule has 1 N–H and O–H groups in total. The van der Waals surface area contributed by atoms with Gasteiger partial charge in [0, 0.05) is 34.8 Å². The molecule has 1 atom stereocenters. The maximum absolute atomic E-state index is 13.3. The molecule has 1 fully saturated rings. The highest BCUT2D eigenvalue weighted by Gasteiger charge is 2.25. The van der Waals surface area contributed by atoms with Crippen molar-refractivity contribution in [2.24, 2.45) is 0 Å². The third-order valence-electron chi connectivity index (χ3n) is 3.62. The summed E-state index contributed by atoms with van der Waals surface area (Å²) >= 11 is 1.98. The number of hydrogen-bond acceptors (Lipinski definition) is 3. The van der Waals surface area contributed by atoms with E-state index in [0.717, 1.165) is 31.0 Å². The van der Waals surface area contributed by atoms with Gasteiger partial charge < -0.3 is 10.0 Å². The van der Waals surface area contributed by atoms with E-state index in [1.54, 1.807) is 13.0 Å². The number of benzene rings is 1. The minimum absolute atomic E-state index is 0.288. The molecule has 4 heteroatoms. The normalized spacial score (nSPS) is 21.0. The highest BCUT2D eigenvalue weighted by atomic mass is 32.2. The molecule has 1 aromatic rings. The van der Waals surface area contributed by atoms with Crippen LogP contribution in [0.1, 0.15) is 38.9 Å². The number of rotatable bonds is 2. The van der Waals surface area contributed by atoms with Crippen LogP contribution >= 0.6 is 11.8 Å². The summed E-state index contributed by atoms with van der Waals surface area (Å²) in [5.74, 6) is 0.771. The van der Waals surface area contributed by atoms with E-state index in [9.17, 15) is 9.50 Å². The fourth-order valence-corrected chi connectivity index (χ4v) is 3.51. The van der Waals surface area contributed by atoms with Crippen LogP contribution in [0.25, 0.3) is 0 Å². The molecule has 2 nitrogen and oxygen atoms in total. The van der Waals surface area contributed by atoms with Crippen molar-refractivity contribution in [3.05, 3.63) is 29.6 Å². The van der Waals surface area contributed by atoms with Gasteiger partial charge >= 0.3 is 0 Å². The largest absolute Gasteiger partial charge is 0.389 e. The lowest BCUT2D eigenvalue weighted by Gasteiger charge is -2.27. The molecule has 106 valence electrons. The number of hydrogen-bond donors (Lipinski definition) is 1. The zero-order valence-electron chi connectivity index (χ0n) is 11.8. The Hall–Kier alpha value is -0.740. The lowest BCUT2D eigenvalue weighted by molar-refractivity contribution is 0.199. The maximum atomic E-state index is 13.3. The molecule has 0 aliphatic carbocycles. The van der Waals surface area contributed by atoms with Crippen LogP contribution in [0.3, 0.4) is 0 Å². The first-order chi connectivity index (χ1) is 8.89. The first kappa shape index (κ1) is 14.7. The highest BCUT2D eigenvalue weighted by molar-refractivity contribution is 8.00. The Balaban J connectivity index is 2.26. The molecule has 0 radical (unpaired) electrons. The second kappa shape index (κ2) is 5.71. The van der Waals surface area contributed by atoms with Gasteiger partial charge in [-0.1, -0.05) is 13.8 Å². The number of aliphatic hydroxyl groups excluding tert-OH is 1. The zero-order valence-corrected chi connectivity index (χ0v) is 12.6. The summed E-state index contributed by atoms with van der Waals surface area (Å²) in [5, 5.41) is 9.83. The Morgan fingerprint density at radius 1 is 1.37 bits per heavy atom. The van der Waals surface area contributed by atoms with Gasteiger partial charge in [-0.15, -0.1) is 0 Å². The molecule has 0 amide bonds. The average Bonchev–Trinajstić information content (AvgIpc) is 2.50. The first-order valence-electron chi connectivity index (χ1n) is 6.75. The van der Waals surface area contributed by atoms with Crippen LogP contribution in [-0.4, -0.2) is 28.7 Å². The third-order valence-corrected chi connectivity index (χ3v) is 4.99. The van der Waals surface area contributed by atoms with Crippen molar-refractivity contribution < 1.29 is 9.50 Å². The molecule has 19 heavy (non-hydrogen) atoms. The van der Waals surface area contributed by atoms with E-state index in [1.165, 1.54) is 12.1 Å². The minimum atomic E-state index is -0.644. The number of nitrogens with zero attached hydrogens (tertiary/aromatic N) is 1. The van der Waals surface area contributed by atoms with Gasteiger partial charge in [-0.25, -0.2) is 4.39 Å². The van der Waals surface area contributed by atoms with Crippen molar-refractivity contribution in [3.63, 3.8) is 0 Å². The van der Waals surface area contributed by atoms with Gasteiger partial charge in [0.05, 0.1) is 6.10 Å². The highest BCUT2D eigenvalue weighted by Crippen LogP contribution is 2.34. The SMILES string of the molecule is CC(O)c1cc(F)ccc1N1CCSC(C)(C)CC1. The van der Waals surface area contributed by atoms with Crippen molar-refractivity contribution in [1.82, 2.24) is 0 Å². The molecule has 1 unspecified atom stereocenters. The summed E-state index contributed by atoms with van der Waals surface area (Å²) < 4.78 is 13.6. The average molecular weight is 283 g/mol. The van der Waals surface area contributed by atoms with Crippen molar-refractivity contribution in [1.29, 1.82) is 0 Å². The van der Waals surface area contributed by atoms with E-state index in [-0.39, 0.29) is 5.82 Å².